The number of morpholine rings is 1. The molecule has 3 aromatic rings. The normalized spacial score (nSPS) is 14.6. The summed E-state index contributed by atoms with van der Waals surface area (Å²) in [5.74, 6) is 1.78. The number of ether oxygens (including phenoxy) is 1. The molecule has 0 radical (unpaired) electrons. The summed E-state index contributed by atoms with van der Waals surface area (Å²) in [6.07, 6.45) is 4.32. The fraction of sp³-hybridized carbons (Fsp3) is 0.273. The Morgan fingerprint density at radius 2 is 1.64 bits per heavy atom. The minimum Gasteiger partial charge on any atom is -0.378 e. The van der Waals surface area contributed by atoms with E-state index >= 15 is 0 Å². The van der Waals surface area contributed by atoms with Crippen LogP contribution in [-0.4, -0.2) is 46.8 Å². The van der Waals surface area contributed by atoms with Gasteiger partial charge < -0.3 is 9.64 Å². The first-order valence-corrected chi connectivity index (χ1v) is 10.5. The van der Waals surface area contributed by atoms with Crippen LogP contribution in [0.5, 0.6) is 0 Å². The molecule has 1 aromatic heterocycles. The average Bonchev–Trinajstić information content (AvgIpc) is 3.16. The third-order valence-electron chi connectivity index (χ3n) is 4.59. The molecular weight excluding hydrogens is 368 g/mol. The number of thioether (sulfide) groups is 1. The predicted molar refractivity (Wildman–Crippen MR) is 115 cm³/mol. The van der Waals surface area contributed by atoms with Gasteiger partial charge in [0.2, 0.25) is 5.95 Å². The minimum absolute atomic E-state index is 0.737. The molecule has 6 heteroatoms. The van der Waals surface area contributed by atoms with E-state index < -0.39 is 0 Å². The fourth-order valence-electron chi connectivity index (χ4n) is 3.16. The van der Waals surface area contributed by atoms with Crippen LogP contribution in [0, 0.1) is 0 Å². The first-order chi connectivity index (χ1) is 13.9. The molecule has 1 aliphatic rings. The summed E-state index contributed by atoms with van der Waals surface area (Å²) in [7, 11) is 0. The molecule has 144 valence electrons. The number of anilines is 1. The van der Waals surface area contributed by atoms with Crippen molar-refractivity contribution in [2.24, 2.45) is 0 Å². The number of benzene rings is 2. The Hall–Kier alpha value is -2.57. The maximum absolute atomic E-state index is 5.49. The van der Waals surface area contributed by atoms with Crippen molar-refractivity contribution < 1.29 is 4.74 Å². The van der Waals surface area contributed by atoms with Crippen LogP contribution in [0.25, 0.3) is 6.08 Å². The third-order valence-corrected chi connectivity index (χ3v) is 5.51. The van der Waals surface area contributed by atoms with Crippen molar-refractivity contribution in [1.29, 1.82) is 0 Å². The van der Waals surface area contributed by atoms with Crippen molar-refractivity contribution in [3.8, 4) is 0 Å². The summed E-state index contributed by atoms with van der Waals surface area (Å²) in [6, 6.07) is 20.8. The SMILES string of the molecule is C(=C\c1ccccc1)/CSc1nnc(N2CCOCC2)n1Cc1ccccc1. The molecule has 0 bridgehead atoms. The molecule has 0 saturated carbocycles. The molecule has 0 N–H and O–H groups in total. The second-order valence-electron chi connectivity index (χ2n) is 6.58. The van der Waals surface area contributed by atoms with Crippen molar-refractivity contribution in [2.75, 3.05) is 37.0 Å². The maximum atomic E-state index is 5.49. The Balaban J connectivity index is 1.50. The van der Waals surface area contributed by atoms with Gasteiger partial charge in [-0.1, -0.05) is 84.6 Å². The second kappa shape index (κ2) is 9.57. The van der Waals surface area contributed by atoms with Gasteiger partial charge in [0.15, 0.2) is 5.16 Å². The molecule has 0 unspecified atom stereocenters. The summed E-state index contributed by atoms with van der Waals surface area (Å²) in [4.78, 5) is 2.27. The van der Waals surface area contributed by atoms with Gasteiger partial charge in [0.1, 0.15) is 0 Å². The molecule has 1 fully saturated rings. The number of aromatic nitrogens is 3. The predicted octanol–water partition coefficient (Wildman–Crippen LogP) is 3.97. The first kappa shape index (κ1) is 18.8. The van der Waals surface area contributed by atoms with Gasteiger partial charge in [-0.15, -0.1) is 10.2 Å². The van der Waals surface area contributed by atoms with Gasteiger partial charge in [-0.3, -0.25) is 4.57 Å². The highest BCUT2D eigenvalue weighted by atomic mass is 32.2. The molecule has 28 heavy (non-hydrogen) atoms. The van der Waals surface area contributed by atoms with Crippen molar-refractivity contribution in [3.05, 3.63) is 77.9 Å². The van der Waals surface area contributed by atoms with Crippen LogP contribution in [0.1, 0.15) is 11.1 Å². The van der Waals surface area contributed by atoms with Crippen LogP contribution in [0.4, 0.5) is 5.95 Å². The Morgan fingerprint density at radius 3 is 2.39 bits per heavy atom. The van der Waals surface area contributed by atoms with E-state index in [-0.39, 0.29) is 0 Å². The third kappa shape index (κ3) is 4.82. The van der Waals surface area contributed by atoms with E-state index in [9.17, 15) is 0 Å². The van der Waals surface area contributed by atoms with E-state index in [4.69, 9.17) is 4.74 Å². The summed E-state index contributed by atoms with van der Waals surface area (Å²) >= 11 is 1.72. The van der Waals surface area contributed by atoms with Gasteiger partial charge >= 0.3 is 0 Å². The number of nitrogens with zero attached hydrogens (tertiary/aromatic N) is 4. The fourth-order valence-corrected chi connectivity index (χ4v) is 3.90. The Morgan fingerprint density at radius 1 is 0.929 bits per heavy atom. The van der Waals surface area contributed by atoms with Crippen LogP contribution >= 0.6 is 11.8 Å². The Bertz CT molecular complexity index is 889. The van der Waals surface area contributed by atoms with Gasteiger partial charge in [-0.05, 0) is 11.1 Å². The lowest BCUT2D eigenvalue weighted by Gasteiger charge is -2.28. The largest absolute Gasteiger partial charge is 0.378 e. The lowest BCUT2D eigenvalue weighted by atomic mass is 10.2. The lowest BCUT2D eigenvalue weighted by Crippen LogP contribution is -2.38. The molecular formula is C22H24N4OS. The summed E-state index contributed by atoms with van der Waals surface area (Å²) < 4.78 is 7.72. The van der Waals surface area contributed by atoms with Crippen LogP contribution in [0.15, 0.2) is 71.9 Å². The monoisotopic (exact) mass is 392 g/mol. The quantitative estimate of drug-likeness (QED) is 0.569. The molecule has 1 aliphatic heterocycles. The zero-order valence-electron chi connectivity index (χ0n) is 15.8. The van der Waals surface area contributed by atoms with Crippen LogP contribution < -0.4 is 4.90 Å². The van der Waals surface area contributed by atoms with Crippen molar-refractivity contribution in [2.45, 2.75) is 11.7 Å². The van der Waals surface area contributed by atoms with Gasteiger partial charge in [-0.2, -0.15) is 0 Å². The van der Waals surface area contributed by atoms with Crippen molar-refractivity contribution >= 4 is 23.8 Å². The average molecular weight is 393 g/mol. The molecule has 2 heterocycles. The second-order valence-corrected chi connectivity index (χ2v) is 7.56. The van der Waals surface area contributed by atoms with Gasteiger partial charge in [-0.25, -0.2) is 0 Å². The molecule has 1 saturated heterocycles. The topological polar surface area (TPSA) is 43.2 Å². The van der Waals surface area contributed by atoms with Gasteiger partial charge in [0, 0.05) is 18.8 Å². The van der Waals surface area contributed by atoms with Crippen molar-refractivity contribution in [3.63, 3.8) is 0 Å². The summed E-state index contributed by atoms with van der Waals surface area (Å²) in [6.45, 7) is 3.95. The van der Waals surface area contributed by atoms with E-state index in [0.29, 0.717) is 0 Å². The molecule has 0 aliphatic carbocycles. The van der Waals surface area contributed by atoms with Crippen LogP contribution in [0.2, 0.25) is 0 Å². The maximum Gasteiger partial charge on any atom is 0.228 e. The van der Waals surface area contributed by atoms with E-state index in [1.807, 2.05) is 12.1 Å². The lowest BCUT2D eigenvalue weighted by molar-refractivity contribution is 0.121. The molecule has 5 nitrogen and oxygen atoms in total. The van der Waals surface area contributed by atoms with Gasteiger partial charge in [0.25, 0.3) is 0 Å². The van der Waals surface area contributed by atoms with Crippen LogP contribution in [-0.2, 0) is 11.3 Å². The van der Waals surface area contributed by atoms with E-state index in [1.54, 1.807) is 11.8 Å². The summed E-state index contributed by atoms with van der Waals surface area (Å²) in [5.41, 5.74) is 2.46. The van der Waals surface area contributed by atoms with E-state index in [2.05, 4.69) is 80.3 Å². The smallest absolute Gasteiger partial charge is 0.228 e. The standard InChI is InChI=1S/C22H24N4OS/c1-3-8-19(9-4-1)12-7-17-28-22-24-23-21(25-13-15-27-16-14-25)26(22)18-20-10-5-2-6-11-20/h1-12H,13-18H2/b12-7+. The molecule has 4 rings (SSSR count). The molecule has 2 aromatic carbocycles. The first-order valence-electron chi connectivity index (χ1n) is 9.54. The Labute approximate surface area is 170 Å². The van der Waals surface area contributed by atoms with Crippen LogP contribution in [0.3, 0.4) is 0 Å². The molecule has 0 spiro atoms. The highest BCUT2D eigenvalue weighted by molar-refractivity contribution is 7.99. The van der Waals surface area contributed by atoms with E-state index in [0.717, 1.165) is 49.7 Å². The molecule has 0 amide bonds. The number of rotatable bonds is 7. The minimum atomic E-state index is 0.737. The molecule has 0 atom stereocenters. The van der Waals surface area contributed by atoms with E-state index in [1.165, 1.54) is 11.1 Å². The number of hydrogen-bond acceptors (Lipinski definition) is 5. The highest BCUT2D eigenvalue weighted by Gasteiger charge is 2.20. The van der Waals surface area contributed by atoms with Crippen molar-refractivity contribution in [1.82, 2.24) is 14.8 Å². The highest BCUT2D eigenvalue weighted by Crippen LogP contribution is 2.24. The van der Waals surface area contributed by atoms with Gasteiger partial charge in [0.05, 0.1) is 19.8 Å². The number of hydrogen-bond donors (Lipinski definition) is 0. The zero-order valence-corrected chi connectivity index (χ0v) is 16.6. The zero-order chi connectivity index (χ0) is 19.0. The Kier molecular flexibility index (Phi) is 6.42. The summed E-state index contributed by atoms with van der Waals surface area (Å²) in [5, 5.41) is 9.95.